The van der Waals surface area contributed by atoms with Crippen LogP contribution in [0.1, 0.15) is 31.2 Å². The molecule has 0 aliphatic carbocycles. The van der Waals surface area contributed by atoms with Crippen LogP contribution in [0.15, 0.2) is 102 Å². The van der Waals surface area contributed by atoms with Gasteiger partial charge in [0.2, 0.25) is 0 Å². The molecule has 0 aliphatic heterocycles. The van der Waals surface area contributed by atoms with Gasteiger partial charge in [0, 0.05) is 21.3 Å². The highest BCUT2D eigenvalue weighted by molar-refractivity contribution is 7.21. The van der Waals surface area contributed by atoms with Crippen LogP contribution >= 0.6 is 22.9 Å². The Morgan fingerprint density at radius 2 is 1.51 bits per heavy atom. The molecule has 0 saturated heterocycles. The number of para-hydroxylation sites is 2. The predicted octanol–water partition coefficient (Wildman–Crippen LogP) is 6.42. The van der Waals surface area contributed by atoms with Crippen molar-refractivity contribution >= 4 is 74.3 Å². The summed E-state index contributed by atoms with van der Waals surface area (Å²) in [6.45, 7) is 1.93. The van der Waals surface area contributed by atoms with Crippen LogP contribution < -0.4 is 20.8 Å². The monoisotopic (exact) mass is 610 g/mol. The zero-order chi connectivity index (χ0) is 30.3. The average molecular weight is 611 g/mol. The molecule has 43 heavy (non-hydrogen) atoms. The first-order chi connectivity index (χ1) is 20.8. The lowest BCUT2D eigenvalue weighted by molar-refractivity contribution is -0.136. The van der Waals surface area contributed by atoms with Gasteiger partial charge in [-0.3, -0.25) is 14.4 Å². The smallest absolute Gasteiger partial charge is 0.355 e. The first-order valence-corrected chi connectivity index (χ1v) is 14.1. The summed E-state index contributed by atoms with van der Waals surface area (Å²) in [4.78, 5) is 51.1. The number of hydrogen-bond acceptors (Lipinski definition) is 7. The van der Waals surface area contributed by atoms with Gasteiger partial charge in [0.05, 0.1) is 22.5 Å². The van der Waals surface area contributed by atoms with Crippen LogP contribution in [0, 0.1) is 6.92 Å². The molecule has 3 N–H and O–H groups in total. The van der Waals surface area contributed by atoms with E-state index in [2.05, 4.69) is 21.2 Å². The van der Waals surface area contributed by atoms with E-state index >= 15 is 0 Å². The highest BCUT2D eigenvalue weighted by Crippen LogP contribution is 2.36. The Morgan fingerprint density at radius 3 is 2.30 bits per heavy atom. The molecule has 214 valence electrons. The summed E-state index contributed by atoms with van der Waals surface area (Å²) in [5, 5.41) is 10.1. The quantitative estimate of drug-likeness (QED) is 0.0644. The number of nitrogens with one attached hydrogen (secondary N) is 3. The number of halogens is 1. The van der Waals surface area contributed by atoms with Crippen LogP contribution in [0.25, 0.3) is 10.1 Å². The molecule has 0 atom stereocenters. The number of amides is 3. The van der Waals surface area contributed by atoms with Gasteiger partial charge in [-0.25, -0.2) is 10.2 Å². The Kier molecular flexibility index (Phi) is 8.90. The van der Waals surface area contributed by atoms with E-state index in [-0.39, 0.29) is 21.9 Å². The molecule has 0 aliphatic rings. The number of ether oxygens (including phenoxy) is 1. The van der Waals surface area contributed by atoms with Crippen LogP contribution in [-0.2, 0) is 9.59 Å². The Labute approximate surface area is 255 Å². The van der Waals surface area contributed by atoms with E-state index in [9.17, 15) is 19.2 Å². The molecule has 11 heteroatoms. The van der Waals surface area contributed by atoms with Gasteiger partial charge >= 0.3 is 17.8 Å². The molecule has 3 amide bonds. The van der Waals surface area contributed by atoms with E-state index in [0.717, 1.165) is 15.6 Å². The van der Waals surface area contributed by atoms with Crippen molar-refractivity contribution in [1.29, 1.82) is 0 Å². The van der Waals surface area contributed by atoms with Gasteiger partial charge in [0.25, 0.3) is 5.91 Å². The second kappa shape index (κ2) is 13.1. The lowest BCUT2D eigenvalue weighted by atomic mass is 10.1. The number of hydrazone groups is 1. The summed E-state index contributed by atoms with van der Waals surface area (Å²) < 4.78 is 6.43. The normalized spacial score (nSPS) is 10.8. The lowest BCUT2D eigenvalue weighted by Crippen LogP contribution is -2.33. The fourth-order valence-corrected chi connectivity index (χ4v) is 5.37. The van der Waals surface area contributed by atoms with Gasteiger partial charge in [-0.15, -0.1) is 11.3 Å². The van der Waals surface area contributed by atoms with Crippen molar-refractivity contribution < 1.29 is 23.9 Å². The first kappa shape index (κ1) is 29.2. The molecule has 0 spiro atoms. The van der Waals surface area contributed by atoms with E-state index in [1.165, 1.54) is 29.7 Å². The zero-order valence-electron chi connectivity index (χ0n) is 22.6. The SMILES string of the molecule is Cc1ccc(NC(=O)c2ccccc2NC(=O)C(=O)NN=Cc2ccccc2OC(=O)c2sc3ccccc3c2Cl)cc1. The summed E-state index contributed by atoms with van der Waals surface area (Å²) in [5.74, 6) is -3.03. The molecule has 5 aromatic rings. The number of anilines is 2. The number of thiophene rings is 1. The van der Waals surface area contributed by atoms with Crippen LogP contribution in [0.3, 0.4) is 0 Å². The van der Waals surface area contributed by atoms with Crippen molar-refractivity contribution in [1.82, 2.24) is 5.43 Å². The highest BCUT2D eigenvalue weighted by Gasteiger charge is 2.20. The predicted molar refractivity (Wildman–Crippen MR) is 168 cm³/mol. The Balaban J connectivity index is 1.22. The summed E-state index contributed by atoms with van der Waals surface area (Å²) in [7, 11) is 0. The number of hydrogen-bond donors (Lipinski definition) is 3. The van der Waals surface area contributed by atoms with Gasteiger partial charge in [-0.05, 0) is 49.4 Å². The largest absolute Gasteiger partial charge is 0.422 e. The summed E-state index contributed by atoms with van der Waals surface area (Å²) in [5.41, 5.74) is 4.45. The van der Waals surface area contributed by atoms with E-state index in [1.54, 1.807) is 48.5 Å². The number of benzene rings is 4. The molecular weight excluding hydrogens is 588 g/mol. The Hall–Kier alpha value is -5.32. The van der Waals surface area contributed by atoms with Crippen molar-refractivity contribution in [2.75, 3.05) is 10.6 Å². The van der Waals surface area contributed by atoms with Gasteiger partial charge in [0.1, 0.15) is 10.6 Å². The second-order valence-electron chi connectivity index (χ2n) is 9.19. The van der Waals surface area contributed by atoms with Crippen molar-refractivity contribution in [2.24, 2.45) is 5.10 Å². The molecule has 0 fully saturated rings. The average Bonchev–Trinajstić information content (AvgIpc) is 3.35. The van der Waals surface area contributed by atoms with Crippen LogP contribution in [0.2, 0.25) is 5.02 Å². The lowest BCUT2D eigenvalue weighted by Gasteiger charge is -2.11. The minimum absolute atomic E-state index is 0.147. The molecular formula is C32H23ClN4O5S. The maximum Gasteiger partial charge on any atom is 0.355 e. The summed E-state index contributed by atoms with van der Waals surface area (Å²) in [6.07, 6.45) is 1.24. The van der Waals surface area contributed by atoms with Crippen LogP contribution in [-0.4, -0.2) is 29.9 Å². The maximum atomic E-state index is 12.9. The Morgan fingerprint density at radius 1 is 0.814 bits per heavy atom. The molecule has 5 rings (SSSR count). The second-order valence-corrected chi connectivity index (χ2v) is 10.6. The third kappa shape index (κ3) is 6.95. The molecule has 0 saturated carbocycles. The molecule has 0 bridgehead atoms. The molecule has 1 aromatic heterocycles. The minimum atomic E-state index is -1.07. The highest BCUT2D eigenvalue weighted by atomic mass is 35.5. The van der Waals surface area contributed by atoms with Crippen LogP contribution in [0.5, 0.6) is 5.75 Å². The molecule has 1 heterocycles. The number of rotatable bonds is 7. The number of fused-ring (bicyclic) bond motifs is 1. The topological polar surface area (TPSA) is 126 Å². The molecule has 0 unspecified atom stereocenters. The van der Waals surface area contributed by atoms with Gasteiger partial charge in [0.15, 0.2) is 0 Å². The van der Waals surface area contributed by atoms with E-state index in [1.807, 2.05) is 43.3 Å². The van der Waals surface area contributed by atoms with Crippen molar-refractivity contribution in [2.45, 2.75) is 6.92 Å². The maximum absolute atomic E-state index is 12.9. The van der Waals surface area contributed by atoms with Gasteiger partial charge in [-0.1, -0.05) is 71.8 Å². The molecule has 9 nitrogen and oxygen atoms in total. The standard InChI is InChI=1S/C32H23ClN4O5S/c1-19-14-16-21(17-15-19)35-29(38)22-9-3-5-11-24(22)36-30(39)31(40)37-34-18-20-8-2-6-12-25(20)42-32(41)28-27(33)23-10-4-7-13-26(23)43-28/h2-18H,1H3,(H,35,38)(H,36,39)(H,37,40). The number of carbonyl (C=O) groups excluding carboxylic acids is 4. The van der Waals surface area contributed by atoms with Crippen molar-refractivity contribution in [3.63, 3.8) is 0 Å². The number of carbonyl (C=O) groups is 4. The number of aryl methyl sites for hydroxylation is 1. The fraction of sp³-hybridized carbons (Fsp3) is 0.0312. The molecule has 4 aromatic carbocycles. The summed E-state index contributed by atoms with van der Waals surface area (Å²) in [6, 6.07) is 27.5. The minimum Gasteiger partial charge on any atom is -0.422 e. The van der Waals surface area contributed by atoms with E-state index < -0.39 is 23.7 Å². The van der Waals surface area contributed by atoms with Gasteiger partial charge in [-0.2, -0.15) is 5.10 Å². The van der Waals surface area contributed by atoms with Crippen LogP contribution in [0.4, 0.5) is 11.4 Å². The van der Waals surface area contributed by atoms with Crippen molar-refractivity contribution in [3.05, 3.63) is 124 Å². The van der Waals surface area contributed by atoms with Crippen molar-refractivity contribution in [3.8, 4) is 5.75 Å². The van der Waals surface area contributed by atoms with E-state index in [4.69, 9.17) is 16.3 Å². The number of nitrogens with zero attached hydrogens (tertiary/aromatic N) is 1. The zero-order valence-corrected chi connectivity index (χ0v) is 24.2. The van der Waals surface area contributed by atoms with E-state index in [0.29, 0.717) is 16.3 Å². The number of esters is 1. The van der Waals surface area contributed by atoms with Gasteiger partial charge < -0.3 is 15.4 Å². The first-order valence-electron chi connectivity index (χ1n) is 12.9. The fourth-order valence-electron chi connectivity index (χ4n) is 3.99. The third-order valence-electron chi connectivity index (χ3n) is 6.15. The molecule has 0 radical (unpaired) electrons. The summed E-state index contributed by atoms with van der Waals surface area (Å²) >= 11 is 7.63. The third-order valence-corrected chi connectivity index (χ3v) is 7.80. The Bertz CT molecular complexity index is 1880.